The Labute approximate surface area is 110 Å². The SMILES string of the molecule is Nc1cccc(/C=C/C(=O)N[C@H](CCO)C(=O)O)c1. The summed E-state index contributed by atoms with van der Waals surface area (Å²) in [6.45, 7) is -0.309. The van der Waals surface area contributed by atoms with Gasteiger partial charge in [0.1, 0.15) is 6.04 Å². The zero-order valence-corrected chi connectivity index (χ0v) is 10.2. The van der Waals surface area contributed by atoms with E-state index in [-0.39, 0.29) is 13.0 Å². The van der Waals surface area contributed by atoms with Gasteiger partial charge in [-0.1, -0.05) is 12.1 Å². The predicted octanol–water partition coefficient (Wildman–Crippen LogP) is 0.234. The van der Waals surface area contributed by atoms with Crippen LogP contribution in [0.4, 0.5) is 5.69 Å². The van der Waals surface area contributed by atoms with Crippen LogP contribution in [0, 0.1) is 0 Å². The van der Waals surface area contributed by atoms with Crippen LogP contribution >= 0.6 is 0 Å². The molecule has 1 amide bonds. The van der Waals surface area contributed by atoms with E-state index in [0.717, 1.165) is 5.56 Å². The molecule has 6 heteroatoms. The molecule has 0 saturated heterocycles. The Bertz CT molecular complexity index is 485. The first kappa shape index (κ1) is 14.7. The zero-order valence-electron chi connectivity index (χ0n) is 10.2. The second kappa shape index (κ2) is 7.17. The molecular weight excluding hydrogens is 248 g/mol. The molecule has 0 saturated carbocycles. The number of benzene rings is 1. The smallest absolute Gasteiger partial charge is 0.326 e. The number of nitrogens with one attached hydrogen (secondary N) is 1. The molecule has 0 unspecified atom stereocenters. The second-order valence-corrected chi connectivity index (χ2v) is 3.92. The highest BCUT2D eigenvalue weighted by Gasteiger charge is 2.17. The Kier molecular flexibility index (Phi) is 5.56. The first-order chi connectivity index (χ1) is 9.02. The molecule has 0 bridgehead atoms. The highest BCUT2D eigenvalue weighted by molar-refractivity contribution is 5.94. The van der Waals surface area contributed by atoms with Gasteiger partial charge in [0.05, 0.1) is 0 Å². The first-order valence-corrected chi connectivity index (χ1v) is 5.70. The van der Waals surface area contributed by atoms with Crippen LogP contribution in [0.25, 0.3) is 6.08 Å². The number of carbonyl (C=O) groups is 2. The Morgan fingerprint density at radius 1 is 1.42 bits per heavy atom. The van der Waals surface area contributed by atoms with Gasteiger partial charge in [0.25, 0.3) is 0 Å². The first-order valence-electron chi connectivity index (χ1n) is 5.70. The van der Waals surface area contributed by atoms with Crippen molar-refractivity contribution in [1.82, 2.24) is 5.32 Å². The van der Waals surface area contributed by atoms with E-state index in [2.05, 4.69) is 5.32 Å². The number of hydrogen-bond acceptors (Lipinski definition) is 4. The summed E-state index contributed by atoms with van der Waals surface area (Å²) in [5, 5.41) is 19.8. The van der Waals surface area contributed by atoms with Crippen LogP contribution in [0.3, 0.4) is 0 Å². The van der Waals surface area contributed by atoms with Crippen LogP contribution in [0.1, 0.15) is 12.0 Å². The Hall–Kier alpha value is -2.34. The van der Waals surface area contributed by atoms with Crippen molar-refractivity contribution in [3.8, 4) is 0 Å². The number of aliphatic hydroxyl groups excluding tert-OH is 1. The minimum Gasteiger partial charge on any atom is -0.480 e. The maximum Gasteiger partial charge on any atom is 0.326 e. The standard InChI is InChI=1S/C13H16N2O4/c14-10-3-1-2-9(8-10)4-5-12(17)15-11(6-7-16)13(18)19/h1-5,8,11,16H,6-7,14H2,(H,15,17)(H,18,19)/b5-4+/t11-/m1/s1. The van der Waals surface area contributed by atoms with Gasteiger partial charge in [-0.25, -0.2) is 4.79 Å². The number of amides is 1. The van der Waals surface area contributed by atoms with Crippen molar-refractivity contribution in [2.24, 2.45) is 0 Å². The Balaban J connectivity index is 2.61. The number of aliphatic hydroxyl groups is 1. The quantitative estimate of drug-likeness (QED) is 0.434. The molecule has 0 aliphatic carbocycles. The molecule has 5 N–H and O–H groups in total. The molecule has 6 nitrogen and oxygen atoms in total. The zero-order chi connectivity index (χ0) is 14.3. The number of anilines is 1. The maximum atomic E-state index is 11.5. The van der Waals surface area contributed by atoms with Crippen LogP contribution < -0.4 is 11.1 Å². The summed E-state index contributed by atoms with van der Waals surface area (Å²) in [5.74, 6) is -1.72. The second-order valence-electron chi connectivity index (χ2n) is 3.92. The van der Waals surface area contributed by atoms with Gasteiger partial charge in [-0.3, -0.25) is 4.79 Å². The third kappa shape index (κ3) is 5.22. The third-order valence-electron chi connectivity index (χ3n) is 2.37. The fraction of sp³-hybridized carbons (Fsp3) is 0.231. The minimum atomic E-state index is -1.18. The van der Waals surface area contributed by atoms with Gasteiger partial charge in [-0.2, -0.15) is 0 Å². The van der Waals surface area contributed by atoms with Gasteiger partial charge < -0.3 is 21.3 Å². The van der Waals surface area contributed by atoms with Gasteiger partial charge in [-0.15, -0.1) is 0 Å². The Morgan fingerprint density at radius 2 is 2.16 bits per heavy atom. The summed E-state index contributed by atoms with van der Waals surface area (Å²) in [6, 6.07) is 5.83. The van der Waals surface area contributed by atoms with Crippen LogP contribution in [0.2, 0.25) is 0 Å². The van der Waals surface area contributed by atoms with Crippen molar-refractivity contribution in [1.29, 1.82) is 0 Å². The number of hydrogen-bond donors (Lipinski definition) is 4. The molecule has 1 aromatic rings. The van der Waals surface area contributed by atoms with Gasteiger partial charge in [0.15, 0.2) is 0 Å². The fourth-order valence-electron chi connectivity index (χ4n) is 1.44. The van der Waals surface area contributed by atoms with Gasteiger partial charge in [-0.05, 0) is 23.8 Å². The van der Waals surface area contributed by atoms with Crippen molar-refractivity contribution in [3.63, 3.8) is 0 Å². The number of rotatable bonds is 6. The van der Waals surface area contributed by atoms with E-state index in [1.165, 1.54) is 12.2 Å². The third-order valence-corrected chi connectivity index (χ3v) is 2.37. The summed E-state index contributed by atoms with van der Waals surface area (Å²) in [4.78, 5) is 22.3. The monoisotopic (exact) mass is 264 g/mol. The summed E-state index contributed by atoms with van der Waals surface area (Å²) in [7, 11) is 0. The van der Waals surface area contributed by atoms with E-state index < -0.39 is 17.9 Å². The molecule has 19 heavy (non-hydrogen) atoms. The molecule has 1 atom stereocenters. The molecule has 1 aromatic carbocycles. The largest absolute Gasteiger partial charge is 0.480 e. The lowest BCUT2D eigenvalue weighted by Gasteiger charge is -2.11. The van der Waals surface area contributed by atoms with Gasteiger partial charge in [0.2, 0.25) is 5.91 Å². The number of carbonyl (C=O) groups excluding carboxylic acids is 1. The minimum absolute atomic E-state index is 0.0345. The number of nitrogen functional groups attached to an aromatic ring is 1. The van der Waals surface area contributed by atoms with E-state index in [0.29, 0.717) is 5.69 Å². The average molecular weight is 264 g/mol. The molecule has 102 valence electrons. The molecule has 0 radical (unpaired) electrons. The highest BCUT2D eigenvalue weighted by Crippen LogP contribution is 2.07. The Morgan fingerprint density at radius 3 is 2.74 bits per heavy atom. The lowest BCUT2D eigenvalue weighted by atomic mass is 10.2. The van der Waals surface area contributed by atoms with E-state index in [4.69, 9.17) is 15.9 Å². The van der Waals surface area contributed by atoms with Crippen molar-refractivity contribution >= 4 is 23.6 Å². The van der Waals surface area contributed by atoms with E-state index in [9.17, 15) is 9.59 Å². The van der Waals surface area contributed by atoms with Gasteiger partial charge >= 0.3 is 5.97 Å². The van der Waals surface area contributed by atoms with Crippen LogP contribution in [0.15, 0.2) is 30.3 Å². The average Bonchev–Trinajstić information content (AvgIpc) is 2.36. The number of nitrogens with two attached hydrogens (primary N) is 1. The molecule has 0 fully saturated rings. The maximum absolute atomic E-state index is 11.5. The topological polar surface area (TPSA) is 113 Å². The lowest BCUT2D eigenvalue weighted by molar-refractivity contribution is -0.141. The van der Waals surface area contributed by atoms with E-state index in [1.54, 1.807) is 24.3 Å². The molecule has 0 aliphatic rings. The lowest BCUT2D eigenvalue weighted by Crippen LogP contribution is -2.40. The fourth-order valence-corrected chi connectivity index (χ4v) is 1.44. The molecule has 0 heterocycles. The summed E-state index contributed by atoms with van der Waals surface area (Å²) < 4.78 is 0. The van der Waals surface area contributed by atoms with E-state index in [1.807, 2.05) is 0 Å². The van der Waals surface area contributed by atoms with Crippen LogP contribution in [-0.2, 0) is 9.59 Å². The highest BCUT2D eigenvalue weighted by atomic mass is 16.4. The molecular formula is C13H16N2O4. The summed E-state index contributed by atoms with van der Waals surface area (Å²) in [6.07, 6.45) is 2.72. The molecule has 0 aromatic heterocycles. The number of carboxylic acids is 1. The van der Waals surface area contributed by atoms with E-state index >= 15 is 0 Å². The summed E-state index contributed by atoms with van der Waals surface area (Å²) >= 11 is 0. The summed E-state index contributed by atoms with van der Waals surface area (Å²) in [5.41, 5.74) is 6.90. The molecule has 1 rings (SSSR count). The number of carboxylic acid groups (broad SMARTS) is 1. The molecule has 0 spiro atoms. The predicted molar refractivity (Wildman–Crippen MR) is 71.2 cm³/mol. The normalized spacial score (nSPS) is 12.3. The van der Waals surface area contributed by atoms with Gasteiger partial charge in [0, 0.05) is 24.8 Å². The van der Waals surface area contributed by atoms with Crippen molar-refractivity contribution in [2.45, 2.75) is 12.5 Å². The van der Waals surface area contributed by atoms with Crippen LogP contribution in [0.5, 0.6) is 0 Å². The van der Waals surface area contributed by atoms with Crippen molar-refractivity contribution < 1.29 is 19.8 Å². The van der Waals surface area contributed by atoms with Crippen molar-refractivity contribution in [2.75, 3.05) is 12.3 Å². The van der Waals surface area contributed by atoms with Crippen LogP contribution in [-0.4, -0.2) is 34.7 Å². The number of aliphatic carboxylic acids is 1. The molecule has 0 aliphatic heterocycles. The van der Waals surface area contributed by atoms with Crippen molar-refractivity contribution in [3.05, 3.63) is 35.9 Å².